The summed E-state index contributed by atoms with van der Waals surface area (Å²) in [6, 6.07) is 14.0. The van der Waals surface area contributed by atoms with Gasteiger partial charge in [-0.2, -0.15) is 0 Å². The number of aryl methyl sites for hydroxylation is 2. The van der Waals surface area contributed by atoms with Crippen molar-refractivity contribution in [3.05, 3.63) is 65.5 Å². The van der Waals surface area contributed by atoms with E-state index in [0.29, 0.717) is 0 Å². The Bertz CT molecular complexity index is 1140. The minimum absolute atomic E-state index is 0.587. The van der Waals surface area contributed by atoms with Gasteiger partial charge in [-0.1, -0.05) is 23.4 Å². The first kappa shape index (κ1) is 18.2. The Labute approximate surface area is 163 Å². The van der Waals surface area contributed by atoms with Crippen molar-refractivity contribution < 1.29 is 14.4 Å². The van der Waals surface area contributed by atoms with Crippen LogP contribution in [0.15, 0.2) is 53.3 Å². The fourth-order valence-corrected chi connectivity index (χ4v) is 3.51. The molecule has 0 aliphatic carbocycles. The molecule has 2 aromatic heterocycles. The quantitative estimate of drug-likeness (QED) is 0.529. The molecule has 0 bridgehead atoms. The Morgan fingerprint density at radius 1 is 1.04 bits per heavy atom. The van der Waals surface area contributed by atoms with Crippen LogP contribution in [0.5, 0.6) is 5.75 Å². The predicted molar refractivity (Wildman–Crippen MR) is 109 cm³/mol. The number of fused-ring (bicyclic) bond motifs is 1. The first-order valence-corrected chi connectivity index (χ1v) is 9.17. The van der Waals surface area contributed by atoms with E-state index in [-0.39, 0.29) is 0 Å². The highest BCUT2D eigenvalue weighted by molar-refractivity contribution is 5.94. The van der Waals surface area contributed by atoms with Gasteiger partial charge in [-0.15, -0.1) is 0 Å². The number of aliphatic hydroxyl groups excluding tert-OH is 1. The summed E-state index contributed by atoms with van der Waals surface area (Å²) in [6.45, 7) is 5.69. The summed E-state index contributed by atoms with van der Waals surface area (Å²) in [5, 5.41) is 15.3. The number of hydrogen-bond acceptors (Lipinski definition) is 5. The van der Waals surface area contributed by atoms with Crippen LogP contribution < -0.4 is 4.74 Å². The molecule has 4 aromatic rings. The summed E-state index contributed by atoms with van der Waals surface area (Å²) in [5.41, 5.74) is 7.15. The van der Waals surface area contributed by atoms with Gasteiger partial charge in [-0.05, 0) is 61.7 Å². The molecule has 0 aliphatic rings. The van der Waals surface area contributed by atoms with Crippen molar-refractivity contribution in [2.75, 3.05) is 7.11 Å². The number of hydrogen-bond donors (Lipinski definition) is 1. The van der Waals surface area contributed by atoms with Gasteiger partial charge in [0.15, 0.2) is 0 Å². The highest BCUT2D eigenvalue weighted by Gasteiger charge is 2.18. The van der Waals surface area contributed by atoms with E-state index in [1.807, 2.05) is 50.2 Å². The summed E-state index contributed by atoms with van der Waals surface area (Å²) in [6.07, 6.45) is 1.04. The van der Waals surface area contributed by atoms with Crippen molar-refractivity contribution >= 4 is 10.9 Å². The van der Waals surface area contributed by atoms with Crippen LogP contribution in [0.25, 0.3) is 33.3 Å². The number of ether oxygens (including phenoxy) is 1. The summed E-state index contributed by atoms with van der Waals surface area (Å²) < 4.78 is 10.5. The Morgan fingerprint density at radius 3 is 2.39 bits per heavy atom. The van der Waals surface area contributed by atoms with E-state index in [2.05, 4.69) is 11.2 Å². The lowest BCUT2D eigenvalue weighted by Gasteiger charge is -2.15. The minimum atomic E-state index is -0.587. The zero-order valence-corrected chi connectivity index (χ0v) is 16.4. The van der Waals surface area contributed by atoms with Crippen molar-refractivity contribution in [2.45, 2.75) is 26.9 Å². The number of pyridine rings is 1. The summed E-state index contributed by atoms with van der Waals surface area (Å²) in [4.78, 5) is 4.96. The maximum absolute atomic E-state index is 10.3. The zero-order valence-electron chi connectivity index (χ0n) is 16.4. The largest absolute Gasteiger partial charge is 0.497 e. The van der Waals surface area contributed by atoms with Crippen molar-refractivity contribution in [2.24, 2.45) is 0 Å². The highest BCUT2D eigenvalue weighted by atomic mass is 16.5. The average molecular weight is 374 g/mol. The van der Waals surface area contributed by atoms with Gasteiger partial charge < -0.3 is 14.4 Å². The van der Waals surface area contributed by atoms with Gasteiger partial charge in [0.1, 0.15) is 12.0 Å². The second-order valence-electron chi connectivity index (χ2n) is 7.02. The Balaban J connectivity index is 2.05. The maximum atomic E-state index is 10.3. The molecule has 0 spiro atoms. The lowest BCUT2D eigenvalue weighted by atomic mass is 9.94. The molecule has 0 saturated carbocycles. The van der Waals surface area contributed by atoms with Crippen LogP contribution in [0.4, 0.5) is 0 Å². The van der Waals surface area contributed by atoms with Crippen molar-refractivity contribution in [1.29, 1.82) is 0 Å². The number of nitrogens with zero attached hydrogens (tertiary/aromatic N) is 2. The Morgan fingerprint density at radius 2 is 1.79 bits per heavy atom. The molecule has 1 atom stereocenters. The molecule has 0 amide bonds. The second-order valence-corrected chi connectivity index (χ2v) is 7.02. The fraction of sp³-hybridized carbons (Fsp3) is 0.217. The van der Waals surface area contributed by atoms with E-state index >= 15 is 0 Å². The molecule has 1 unspecified atom stereocenters. The lowest BCUT2D eigenvalue weighted by Crippen LogP contribution is -1.98. The van der Waals surface area contributed by atoms with Crippen LogP contribution in [0, 0.1) is 13.8 Å². The average Bonchev–Trinajstić information content (AvgIpc) is 3.12. The van der Waals surface area contributed by atoms with Crippen molar-refractivity contribution in [1.82, 2.24) is 10.1 Å². The van der Waals surface area contributed by atoms with Gasteiger partial charge in [0.25, 0.3) is 0 Å². The van der Waals surface area contributed by atoms with E-state index in [4.69, 9.17) is 14.2 Å². The molecule has 0 radical (unpaired) electrons. The fourth-order valence-electron chi connectivity index (χ4n) is 3.51. The predicted octanol–water partition coefficient (Wildman–Crippen LogP) is 5.24. The molecule has 2 heterocycles. The van der Waals surface area contributed by atoms with Crippen molar-refractivity contribution in [3.8, 4) is 28.1 Å². The van der Waals surface area contributed by atoms with E-state index in [1.54, 1.807) is 20.3 Å². The van der Waals surface area contributed by atoms with Gasteiger partial charge >= 0.3 is 0 Å². The summed E-state index contributed by atoms with van der Waals surface area (Å²) in [7, 11) is 1.65. The van der Waals surface area contributed by atoms with Gasteiger partial charge in [0.05, 0.1) is 35.7 Å². The number of benzene rings is 2. The van der Waals surface area contributed by atoms with E-state index in [9.17, 15) is 5.11 Å². The van der Waals surface area contributed by atoms with E-state index in [0.717, 1.165) is 55.9 Å². The standard InChI is InChI=1S/C23H22N2O3/c1-13-9-18(15(3)26)20-11-19(16-5-7-17(27-4)8-6-16)23(24-22(20)10-13)21-12-28-25-14(21)2/h5-12,15,26H,1-4H3. The normalized spacial score (nSPS) is 12.3. The topological polar surface area (TPSA) is 68.4 Å². The van der Waals surface area contributed by atoms with Crippen LogP contribution >= 0.6 is 0 Å². The van der Waals surface area contributed by atoms with Crippen LogP contribution in [-0.2, 0) is 0 Å². The third-order valence-corrected chi connectivity index (χ3v) is 4.97. The molecular weight excluding hydrogens is 352 g/mol. The minimum Gasteiger partial charge on any atom is -0.497 e. The molecular formula is C23H22N2O3. The Kier molecular flexibility index (Phi) is 4.61. The first-order valence-electron chi connectivity index (χ1n) is 9.17. The third-order valence-electron chi connectivity index (χ3n) is 4.97. The smallest absolute Gasteiger partial charge is 0.133 e. The van der Waals surface area contributed by atoms with E-state index in [1.165, 1.54) is 0 Å². The number of rotatable bonds is 4. The number of aromatic nitrogens is 2. The van der Waals surface area contributed by atoms with Crippen LogP contribution in [0.1, 0.15) is 29.8 Å². The third kappa shape index (κ3) is 3.14. The number of methoxy groups -OCH3 is 1. The molecule has 0 aliphatic heterocycles. The van der Waals surface area contributed by atoms with Crippen LogP contribution in [-0.4, -0.2) is 22.4 Å². The molecule has 2 aromatic carbocycles. The van der Waals surface area contributed by atoms with Gasteiger partial charge in [-0.25, -0.2) is 4.98 Å². The van der Waals surface area contributed by atoms with Crippen LogP contribution in [0.2, 0.25) is 0 Å². The molecule has 28 heavy (non-hydrogen) atoms. The molecule has 1 N–H and O–H groups in total. The molecule has 0 fully saturated rings. The first-order chi connectivity index (χ1) is 13.5. The van der Waals surface area contributed by atoms with E-state index < -0.39 is 6.10 Å². The summed E-state index contributed by atoms with van der Waals surface area (Å²) >= 11 is 0. The van der Waals surface area contributed by atoms with Gasteiger partial charge in [-0.3, -0.25) is 0 Å². The van der Waals surface area contributed by atoms with Gasteiger partial charge in [0, 0.05) is 10.9 Å². The number of aliphatic hydroxyl groups is 1. The highest BCUT2D eigenvalue weighted by Crippen LogP contribution is 2.37. The SMILES string of the molecule is COc1ccc(-c2cc3c(C(C)O)cc(C)cc3nc2-c2conc2C)cc1. The summed E-state index contributed by atoms with van der Waals surface area (Å²) in [5.74, 6) is 0.792. The monoisotopic (exact) mass is 374 g/mol. The second kappa shape index (κ2) is 7.09. The molecule has 0 saturated heterocycles. The Hall–Kier alpha value is -3.18. The molecule has 5 nitrogen and oxygen atoms in total. The van der Waals surface area contributed by atoms with Gasteiger partial charge in [0.2, 0.25) is 0 Å². The van der Waals surface area contributed by atoms with Crippen LogP contribution in [0.3, 0.4) is 0 Å². The maximum Gasteiger partial charge on any atom is 0.133 e. The molecule has 142 valence electrons. The lowest BCUT2D eigenvalue weighted by molar-refractivity contribution is 0.201. The molecule has 4 rings (SSSR count). The zero-order chi connectivity index (χ0) is 19.8. The van der Waals surface area contributed by atoms with Crippen molar-refractivity contribution in [3.63, 3.8) is 0 Å². The molecule has 5 heteroatoms.